The summed E-state index contributed by atoms with van der Waals surface area (Å²) in [6.45, 7) is 4.11. The molecular weight excluding hydrogens is 508 g/mol. The maximum absolute atomic E-state index is 13.7. The summed E-state index contributed by atoms with van der Waals surface area (Å²) < 4.78 is 5.98. The highest BCUT2D eigenvalue weighted by molar-refractivity contribution is 6.26. The van der Waals surface area contributed by atoms with Crippen LogP contribution >= 0.6 is 0 Å². The Hall–Kier alpha value is -3.73. The number of ketones is 1. The minimum atomic E-state index is -0.368. The Bertz CT molecular complexity index is 1380. The molecule has 2 aliphatic carbocycles. The number of anilines is 1. The van der Waals surface area contributed by atoms with Crippen LogP contribution in [0.4, 0.5) is 10.5 Å². The topological polar surface area (TPSA) is 123 Å². The first-order valence-corrected chi connectivity index (χ1v) is 14.1. The number of amides is 2. The molecule has 1 unspecified atom stereocenters. The third kappa shape index (κ3) is 5.22. The quantitative estimate of drug-likeness (QED) is 0.266. The smallest absolute Gasteiger partial charge is 0.333 e. The molecule has 1 saturated heterocycles. The van der Waals surface area contributed by atoms with Gasteiger partial charge >= 0.3 is 6.03 Å². The predicted molar refractivity (Wildman–Crippen MR) is 152 cm³/mol. The van der Waals surface area contributed by atoms with Gasteiger partial charge < -0.3 is 20.1 Å². The summed E-state index contributed by atoms with van der Waals surface area (Å²) in [5, 5.41) is 21.8. The van der Waals surface area contributed by atoms with Gasteiger partial charge in [-0.3, -0.25) is 15.3 Å². The van der Waals surface area contributed by atoms with E-state index in [9.17, 15) is 14.7 Å². The number of fused-ring (bicyclic) bond motifs is 3. The summed E-state index contributed by atoms with van der Waals surface area (Å²) in [6.07, 6.45) is 4.39. The van der Waals surface area contributed by atoms with Crippen molar-refractivity contribution in [3.8, 4) is 28.3 Å². The van der Waals surface area contributed by atoms with Crippen LogP contribution in [0.3, 0.4) is 0 Å². The van der Waals surface area contributed by atoms with Crippen molar-refractivity contribution in [3.63, 3.8) is 0 Å². The number of H-pyrrole nitrogens is 1. The number of nitrogens with zero attached hydrogens (tertiary/aromatic N) is 3. The molecule has 6 rings (SSSR count). The van der Waals surface area contributed by atoms with E-state index in [-0.39, 0.29) is 18.4 Å². The van der Waals surface area contributed by atoms with Crippen molar-refractivity contribution in [2.75, 3.05) is 51.8 Å². The molecule has 0 bridgehead atoms. The van der Waals surface area contributed by atoms with Crippen LogP contribution in [-0.2, 0) is 0 Å². The summed E-state index contributed by atoms with van der Waals surface area (Å²) >= 11 is 0. The highest BCUT2D eigenvalue weighted by Gasteiger charge is 2.35. The van der Waals surface area contributed by atoms with E-state index in [4.69, 9.17) is 4.74 Å². The van der Waals surface area contributed by atoms with Crippen molar-refractivity contribution >= 4 is 17.5 Å². The van der Waals surface area contributed by atoms with Gasteiger partial charge in [0.15, 0.2) is 5.78 Å². The summed E-state index contributed by atoms with van der Waals surface area (Å²) in [5.74, 6) is 1.53. The molecule has 3 aliphatic rings. The lowest BCUT2D eigenvalue weighted by atomic mass is 9.94. The number of rotatable bonds is 8. The molecule has 0 radical (unpaired) electrons. The molecule has 0 spiro atoms. The largest absolute Gasteiger partial charge is 0.494 e. The van der Waals surface area contributed by atoms with Gasteiger partial charge in [0.2, 0.25) is 0 Å². The fourth-order valence-corrected chi connectivity index (χ4v) is 6.18. The molecule has 2 amide bonds. The van der Waals surface area contributed by atoms with E-state index in [1.165, 1.54) is 6.42 Å². The summed E-state index contributed by atoms with van der Waals surface area (Å²) in [7, 11) is 2.06. The second kappa shape index (κ2) is 11.4. The van der Waals surface area contributed by atoms with Crippen molar-refractivity contribution in [2.24, 2.45) is 11.8 Å². The lowest BCUT2D eigenvalue weighted by molar-refractivity contribution is 0.104. The normalized spacial score (nSPS) is 20.8. The first-order valence-electron chi connectivity index (χ1n) is 14.1. The Morgan fingerprint density at radius 2 is 1.85 bits per heavy atom. The first-order chi connectivity index (χ1) is 19.5. The van der Waals surface area contributed by atoms with E-state index in [1.807, 2.05) is 41.4 Å². The lowest BCUT2D eigenvalue weighted by Crippen LogP contribution is -2.53. The molecule has 2 atom stereocenters. The molecule has 2 heterocycles. The molecule has 1 aromatic heterocycles. The van der Waals surface area contributed by atoms with E-state index in [0.29, 0.717) is 52.2 Å². The number of aliphatic hydroxyl groups is 1. The van der Waals surface area contributed by atoms with Crippen molar-refractivity contribution in [1.82, 2.24) is 25.5 Å². The average Bonchev–Trinajstić information content (AvgIpc) is 3.67. The number of carbonyl (C=O) groups excluding carboxylic acids is 2. The second-order valence-corrected chi connectivity index (χ2v) is 11.0. The molecule has 1 aliphatic heterocycles. The minimum Gasteiger partial charge on any atom is -0.494 e. The van der Waals surface area contributed by atoms with Crippen LogP contribution in [0.1, 0.15) is 41.6 Å². The summed E-state index contributed by atoms with van der Waals surface area (Å²) in [5.41, 5.74) is 7.09. The third-order valence-electron chi connectivity index (χ3n) is 8.50. The zero-order chi connectivity index (χ0) is 27.6. The van der Waals surface area contributed by atoms with Gasteiger partial charge in [-0.1, -0.05) is 18.6 Å². The van der Waals surface area contributed by atoms with Crippen LogP contribution in [-0.4, -0.2) is 83.5 Å². The Morgan fingerprint density at radius 3 is 2.62 bits per heavy atom. The number of hydrogen-bond acceptors (Lipinski definition) is 7. The van der Waals surface area contributed by atoms with E-state index in [2.05, 4.69) is 32.9 Å². The number of piperazine rings is 1. The molecule has 40 heavy (non-hydrogen) atoms. The van der Waals surface area contributed by atoms with Gasteiger partial charge in [0, 0.05) is 43.9 Å². The van der Waals surface area contributed by atoms with Gasteiger partial charge in [0.1, 0.15) is 11.4 Å². The fraction of sp³-hybridized carbons (Fsp3) is 0.433. The second-order valence-electron chi connectivity index (χ2n) is 11.0. The van der Waals surface area contributed by atoms with Crippen LogP contribution in [0.2, 0.25) is 0 Å². The number of urea groups is 1. The number of hydrogen-bond donors (Lipinski definition) is 4. The fourth-order valence-electron chi connectivity index (χ4n) is 6.18. The first kappa shape index (κ1) is 26.5. The van der Waals surface area contributed by atoms with Gasteiger partial charge in [-0.25, -0.2) is 9.80 Å². The molecule has 10 nitrogen and oxygen atoms in total. The van der Waals surface area contributed by atoms with Crippen LogP contribution < -0.4 is 15.5 Å². The van der Waals surface area contributed by atoms with Crippen LogP contribution in [0.15, 0.2) is 42.5 Å². The number of aromatic amines is 1. The van der Waals surface area contributed by atoms with Gasteiger partial charge in [-0.05, 0) is 68.5 Å². The monoisotopic (exact) mass is 544 g/mol. The van der Waals surface area contributed by atoms with Crippen LogP contribution in [0.25, 0.3) is 22.5 Å². The molecular formula is C30H36N6O4. The number of likely N-dealkylation sites (N-methyl/N-ethyl adjacent to an activating group) is 1. The minimum absolute atomic E-state index is 0.167. The molecule has 2 aromatic carbocycles. The number of hydrazine groups is 1. The van der Waals surface area contributed by atoms with Gasteiger partial charge in [-0.15, -0.1) is 0 Å². The van der Waals surface area contributed by atoms with Gasteiger partial charge in [0.05, 0.1) is 29.1 Å². The molecule has 1 saturated carbocycles. The number of aliphatic hydroxyl groups excluding tert-OH is 1. The molecule has 4 N–H and O–H groups in total. The van der Waals surface area contributed by atoms with Crippen LogP contribution in [0.5, 0.6) is 5.75 Å². The van der Waals surface area contributed by atoms with Crippen molar-refractivity contribution in [3.05, 3.63) is 53.6 Å². The molecule has 2 fully saturated rings. The average molecular weight is 545 g/mol. The number of nitrogens with one attached hydrogen (secondary N) is 3. The van der Waals surface area contributed by atoms with Gasteiger partial charge in [0.25, 0.3) is 0 Å². The Morgan fingerprint density at radius 1 is 1.07 bits per heavy atom. The number of aromatic nitrogens is 2. The number of carbonyl (C=O) groups is 2. The Kier molecular flexibility index (Phi) is 7.55. The third-order valence-corrected chi connectivity index (χ3v) is 8.50. The predicted octanol–water partition coefficient (Wildman–Crippen LogP) is 3.75. The van der Waals surface area contributed by atoms with Crippen molar-refractivity contribution in [1.29, 1.82) is 0 Å². The summed E-state index contributed by atoms with van der Waals surface area (Å²) in [4.78, 5) is 28.6. The van der Waals surface area contributed by atoms with Crippen molar-refractivity contribution in [2.45, 2.75) is 25.7 Å². The van der Waals surface area contributed by atoms with Gasteiger partial charge in [-0.2, -0.15) is 5.10 Å². The maximum Gasteiger partial charge on any atom is 0.333 e. The standard InChI is InChI=1S/C30H36N6O4/c1-35-13-15-36(16-14-35)34-30(39)31-24-7-3-6-23-25(24)29(38)26-27(32-33-28(23)26)20-8-10-22(11-9-20)40-17-12-19-4-2-5-21(19)18-37/h3,6-11,19,21,37H,2,4-5,12-18H2,1H3,(H,32,33)(H2,31,34,39)/t19?,21-/m0/s1. The van der Waals surface area contributed by atoms with E-state index >= 15 is 0 Å². The van der Waals surface area contributed by atoms with E-state index in [0.717, 1.165) is 56.8 Å². The Balaban J connectivity index is 1.13. The lowest BCUT2D eigenvalue weighted by Gasteiger charge is -2.32. The van der Waals surface area contributed by atoms with Crippen molar-refractivity contribution < 1.29 is 19.4 Å². The number of ether oxygens (including phenoxy) is 1. The Labute approximate surface area is 233 Å². The van der Waals surface area contributed by atoms with E-state index in [1.54, 1.807) is 6.07 Å². The zero-order valence-corrected chi connectivity index (χ0v) is 22.8. The summed E-state index contributed by atoms with van der Waals surface area (Å²) in [6, 6.07) is 12.7. The van der Waals surface area contributed by atoms with E-state index < -0.39 is 0 Å². The zero-order valence-electron chi connectivity index (χ0n) is 22.8. The highest BCUT2D eigenvalue weighted by Crippen LogP contribution is 2.43. The SMILES string of the molecule is CN1CCN(NC(=O)Nc2cccc3c2C(=O)c2c-3n[nH]c2-c2ccc(OCCC3CCC[C@H]3CO)cc2)CC1. The molecule has 3 aromatic rings. The van der Waals surface area contributed by atoms with Crippen LogP contribution in [0, 0.1) is 11.8 Å². The molecule has 210 valence electrons. The number of benzene rings is 2. The molecule has 10 heteroatoms. The highest BCUT2D eigenvalue weighted by atomic mass is 16.5. The maximum atomic E-state index is 13.7.